The second-order valence-corrected chi connectivity index (χ2v) is 4.30. The first-order valence-corrected chi connectivity index (χ1v) is 5.80. The van der Waals surface area contributed by atoms with Crippen LogP contribution in [0, 0.1) is 0 Å². The van der Waals surface area contributed by atoms with Crippen LogP contribution < -0.4 is 5.73 Å². The smallest absolute Gasteiger partial charge is 0.321 e. The molecule has 1 aromatic heterocycles. The van der Waals surface area contributed by atoms with Gasteiger partial charge >= 0.3 is 5.97 Å². The number of thioether (sulfide) groups is 1. The third-order valence-corrected chi connectivity index (χ3v) is 3.16. The fraction of sp³-hybridized carbons (Fsp3) is 0.333. The van der Waals surface area contributed by atoms with Gasteiger partial charge in [0.2, 0.25) is 0 Å². The average Bonchev–Trinajstić information content (AvgIpc) is 2.20. The molecule has 0 amide bonds. The summed E-state index contributed by atoms with van der Waals surface area (Å²) in [4.78, 5) is 14.3. The third kappa shape index (κ3) is 4.07. The quantitative estimate of drug-likeness (QED) is 0.768. The first kappa shape index (κ1) is 12.3. The van der Waals surface area contributed by atoms with Gasteiger partial charge in [0.15, 0.2) is 0 Å². The molecule has 0 radical (unpaired) electrons. The lowest BCUT2D eigenvalue weighted by molar-refractivity contribution is -0.137. The number of hydrogen-bond donors (Lipinski definition) is 2. The van der Waals surface area contributed by atoms with Crippen molar-refractivity contribution >= 4 is 29.3 Å². The lowest BCUT2D eigenvalue weighted by Crippen LogP contribution is -2.32. The van der Waals surface area contributed by atoms with Gasteiger partial charge < -0.3 is 10.8 Å². The molecular weight excluding hydrogens is 236 g/mol. The minimum atomic E-state index is -0.986. The fourth-order valence-corrected chi connectivity index (χ4v) is 2.13. The van der Waals surface area contributed by atoms with Gasteiger partial charge in [0, 0.05) is 17.7 Å². The van der Waals surface area contributed by atoms with Crippen LogP contribution in [0.5, 0.6) is 0 Å². The molecule has 15 heavy (non-hydrogen) atoms. The van der Waals surface area contributed by atoms with Crippen LogP contribution in [0.3, 0.4) is 0 Å². The van der Waals surface area contributed by atoms with Gasteiger partial charge in [-0.1, -0.05) is 17.7 Å². The minimum absolute atomic E-state index is 0.362. The van der Waals surface area contributed by atoms with Crippen molar-refractivity contribution in [3.05, 3.63) is 29.0 Å². The van der Waals surface area contributed by atoms with Gasteiger partial charge in [0.1, 0.15) is 11.2 Å². The molecule has 1 atom stereocenters. The Hall–Kier alpha value is -0.780. The van der Waals surface area contributed by atoms with Crippen LogP contribution in [0.15, 0.2) is 18.3 Å². The molecule has 1 aromatic rings. The Labute approximate surface area is 96.8 Å². The number of nitrogens with two attached hydrogens (primary N) is 1. The predicted molar refractivity (Wildman–Crippen MR) is 61.0 cm³/mol. The molecule has 0 bridgehead atoms. The van der Waals surface area contributed by atoms with Crippen molar-refractivity contribution in [1.82, 2.24) is 4.98 Å². The normalized spacial score (nSPS) is 12.4. The zero-order valence-corrected chi connectivity index (χ0v) is 9.46. The van der Waals surface area contributed by atoms with Gasteiger partial charge in [-0.3, -0.25) is 4.79 Å². The maximum atomic E-state index is 10.4. The van der Waals surface area contributed by atoms with Gasteiger partial charge in [0.25, 0.3) is 0 Å². The Morgan fingerprint density at radius 2 is 2.47 bits per heavy atom. The van der Waals surface area contributed by atoms with Crippen LogP contribution in [0.2, 0.25) is 5.15 Å². The van der Waals surface area contributed by atoms with E-state index in [1.54, 1.807) is 12.3 Å². The fourth-order valence-electron chi connectivity index (χ4n) is 0.894. The number of rotatable bonds is 5. The molecule has 1 heterocycles. The summed E-state index contributed by atoms with van der Waals surface area (Å²) < 4.78 is 0. The maximum absolute atomic E-state index is 10.4. The first-order chi connectivity index (χ1) is 7.11. The van der Waals surface area contributed by atoms with E-state index in [0.29, 0.717) is 16.7 Å². The lowest BCUT2D eigenvalue weighted by Gasteiger charge is -2.06. The van der Waals surface area contributed by atoms with Crippen molar-refractivity contribution in [2.75, 3.05) is 5.75 Å². The van der Waals surface area contributed by atoms with Gasteiger partial charge in [0.05, 0.1) is 0 Å². The average molecular weight is 247 g/mol. The molecular formula is C9H11ClN2O2S. The second kappa shape index (κ2) is 5.95. The monoisotopic (exact) mass is 246 g/mol. The number of carbonyl (C=O) groups is 1. The molecule has 0 spiro atoms. The molecule has 82 valence electrons. The third-order valence-electron chi connectivity index (χ3n) is 1.71. The topological polar surface area (TPSA) is 76.2 Å². The Kier molecular flexibility index (Phi) is 4.87. The Balaban J connectivity index is 2.38. The highest BCUT2D eigenvalue weighted by Crippen LogP contribution is 2.18. The molecule has 0 aliphatic carbocycles. The van der Waals surface area contributed by atoms with Gasteiger partial charge in [-0.15, -0.1) is 0 Å². The molecule has 4 nitrogen and oxygen atoms in total. The SMILES string of the molecule is N[C@H](CSCc1cccnc1Cl)C(=O)O. The van der Waals surface area contributed by atoms with Crippen molar-refractivity contribution in [3.8, 4) is 0 Å². The summed E-state index contributed by atoms with van der Waals surface area (Å²) in [6, 6.07) is 2.82. The molecule has 0 saturated heterocycles. The molecule has 3 N–H and O–H groups in total. The van der Waals surface area contributed by atoms with Crippen LogP contribution in [-0.4, -0.2) is 27.9 Å². The number of nitrogens with zero attached hydrogens (tertiary/aromatic N) is 1. The number of halogens is 1. The van der Waals surface area contributed by atoms with Crippen LogP contribution in [0.25, 0.3) is 0 Å². The Morgan fingerprint density at radius 3 is 3.07 bits per heavy atom. The highest BCUT2D eigenvalue weighted by Gasteiger charge is 2.11. The van der Waals surface area contributed by atoms with Gasteiger partial charge in [-0.25, -0.2) is 4.98 Å². The van der Waals surface area contributed by atoms with Crippen molar-refractivity contribution in [2.45, 2.75) is 11.8 Å². The van der Waals surface area contributed by atoms with Crippen LogP contribution in [0.4, 0.5) is 0 Å². The van der Waals surface area contributed by atoms with Crippen molar-refractivity contribution < 1.29 is 9.90 Å². The largest absolute Gasteiger partial charge is 0.480 e. The summed E-state index contributed by atoms with van der Waals surface area (Å²) in [7, 11) is 0. The molecule has 0 fully saturated rings. The Morgan fingerprint density at radius 1 is 1.73 bits per heavy atom. The number of aliphatic carboxylic acids is 1. The standard InChI is InChI=1S/C9H11ClN2O2S/c10-8-6(2-1-3-12-8)4-15-5-7(11)9(13)14/h1-3,7H,4-5,11H2,(H,13,14)/t7-/m1/s1. The van der Waals surface area contributed by atoms with E-state index < -0.39 is 12.0 Å². The van der Waals surface area contributed by atoms with E-state index >= 15 is 0 Å². The Bertz CT molecular complexity index is 349. The summed E-state index contributed by atoms with van der Waals surface area (Å²) >= 11 is 7.26. The van der Waals surface area contributed by atoms with E-state index in [9.17, 15) is 4.79 Å². The molecule has 0 aromatic carbocycles. The summed E-state index contributed by atoms with van der Waals surface area (Å²) in [6.07, 6.45) is 1.61. The lowest BCUT2D eigenvalue weighted by atomic mass is 10.3. The number of pyridine rings is 1. The molecule has 6 heteroatoms. The highest BCUT2D eigenvalue weighted by molar-refractivity contribution is 7.98. The number of aromatic nitrogens is 1. The summed E-state index contributed by atoms with van der Waals surface area (Å²) in [5.41, 5.74) is 6.24. The molecule has 0 saturated carbocycles. The summed E-state index contributed by atoms with van der Waals surface area (Å²) in [6.45, 7) is 0. The molecule has 0 unspecified atom stereocenters. The van der Waals surface area contributed by atoms with Crippen molar-refractivity contribution in [2.24, 2.45) is 5.73 Å². The number of carboxylic acids is 1. The number of hydrogen-bond acceptors (Lipinski definition) is 4. The molecule has 1 rings (SSSR count). The zero-order valence-electron chi connectivity index (χ0n) is 7.89. The van der Waals surface area contributed by atoms with Crippen LogP contribution in [-0.2, 0) is 10.5 Å². The maximum Gasteiger partial charge on any atom is 0.321 e. The first-order valence-electron chi connectivity index (χ1n) is 4.27. The zero-order chi connectivity index (χ0) is 11.3. The predicted octanol–water partition coefficient (Wildman–Crippen LogP) is 1.38. The van der Waals surface area contributed by atoms with E-state index in [-0.39, 0.29) is 0 Å². The highest BCUT2D eigenvalue weighted by atomic mass is 35.5. The van der Waals surface area contributed by atoms with Crippen molar-refractivity contribution in [1.29, 1.82) is 0 Å². The van der Waals surface area contributed by atoms with Crippen LogP contribution >= 0.6 is 23.4 Å². The second-order valence-electron chi connectivity index (χ2n) is 2.91. The van der Waals surface area contributed by atoms with E-state index in [2.05, 4.69) is 4.98 Å². The minimum Gasteiger partial charge on any atom is -0.480 e. The summed E-state index contributed by atoms with van der Waals surface area (Å²) in [5, 5.41) is 9.01. The molecule has 0 aliphatic heterocycles. The van der Waals surface area contributed by atoms with E-state index in [1.807, 2.05) is 6.07 Å². The van der Waals surface area contributed by atoms with E-state index in [4.69, 9.17) is 22.4 Å². The molecule has 0 aliphatic rings. The number of carboxylic acid groups (broad SMARTS) is 1. The van der Waals surface area contributed by atoms with Crippen LogP contribution in [0.1, 0.15) is 5.56 Å². The van der Waals surface area contributed by atoms with Gasteiger partial charge in [-0.2, -0.15) is 11.8 Å². The van der Waals surface area contributed by atoms with E-state index in [0.717, 1.165) is 5.56 Å². The van der Waals surface area contributed by atoms with Gasteiger partial charge in [-0.05, 0) is 11.6 Å². The van der Waals surface area contributed by atoms with Crippen molar-refractivity contribution in [3.63, 3.8) is 0 Å². The summed E-state index contributed by atoms with van der Waals surface area (Å²) in [5.74, 6) is -0.00594. The van der Waals surface area contributed by atoms with E-state index in [1.165, 1.54) is 11.8 Å².